The Hall–Kier alpha value is -3.50. The summed E-state index contributed by atoms with van der Waals surface area (Å²) in [7, 11) is 0. The molecule has 146 valence electrons. The van der Waals surface area contributed by atoms with Crippen LogP contribution in [-0.4, -0.2) is 63.6 Å². The van der Waals surface area contributed by atoms with Crippen LogP contribution in [0.3, 0.4) is 0 Å². The number of amides is 1. The molecule has 3 rings (SSSR count). The average molecular weight is 384 g/mol. The highest BCUT2D eigenvalue weighted by molar-refractivity contribution is 6.09. The van der Waals surface area contributed by atoms with Crippen LogP contribution in [0.4, 0.5) is 0 Å². The Morgan fingerprint density at radius 1 is 1.00 bits per heavy atom. The van der Waals surface area contributed by atoms with Crippen LogP contribution in [0.15, 0.2) is 23.2 Å². The lowest BCUT2D eigenvalue weighted by atomic mass is 10.1. The third kappa shape index (κ3) is 3.50. The van der Waals surface area contributed by atoms with Crippen LogP contribution in [0.1, 0.15) is 15.9 Å². The number of fused-ring (bicyclic) bond motifs is 2. The first-order valence-corrected chi connectivity index (χ1v) is 8.54. The van der Waals surface area contributed by atoms with Gasteiger partial charge < -0.3 is 32.1 Å². The highest BCUT2D eigenvalue weighted by atomic mass is 16.3. The van der Waals surface area contributed by atoms with E-state index in [1.54, 1.807) is 0 Å². The first-order valence-electron chi connectivity index (χ1n) is 8.54. The molecule has 2 aromatic carbocycles. The zero-order valence-corrected chi connectivity index (χ0v) is 14.9. The second kappa shape index (κ2) is 8.03. The molecule has 0 aliphatic carbocycles. The summed E-state index contributed by atoms with van der Waals surface area (Å²) in [4.78, 5) is 25.2. The largest absolute Gasteiger partial charge is 0.507 e. The Labute approximate surface area is 159 Å². The van der Waals surface area contributed by atoms with Gasteiger partial charge in [0.2, 0.25) is 0 Å². The molecule has 0 radical (unpaired) electrons. The van der Waals surface area contributed by atoms with Gasteiger partial charge in [0.1, 0.15) is 39.3 Å². The van der Waals surface area contributed by atoms with Gasteiger partial charge >= 0.3 is 0 Å². The van der Waals surface area contributed by atoms with E-state index in [1.807, 2.05) is 0 Å². The van der Waals surface area contributed by atoms with E-state index in [4.69, 9.17) is 11.5 Å². The van der Waals surface area contributed by atoms with Crippen LogP contribution in [0.2, 0.25) is 0 Å². The number of nitrogens with zero attached hydrogens (tertiary/aromatic N) is 3. The van der Waals surface area contributed by atoms with E-state index in [1.165, 1.54) is 18.3 Å². The van der Waals surface area contributed by atoms with Crippen molar-refractivity contribution in [1.82, 2.24) is 15.3 Å². The maximum absolute atomic E-state index is 12.4. The van der Waals surface area contributed by atoms with Gasteiger partial charge in [0.15, 0.2) is 0 Å². The fourth-order valence-corrected chi connectivity index (χ4v) is 2.71. The minimum atomic E-state index is -0.438. The summed E-state index contributed by atoms with van der Waals surface area (Å²) in [6, 6.07) is 3.85. The van der Waals surface area contributed by atoms with Crippen LogP contribution < -0.4 is 16.8 Å². The van der Waals surface area contributed by atoms with Crippen molar-refractivity contribution >= 4 is 34.2 Å². The van der Waals surface area contributed by atoms with Gasteiger partial charge in [0.05, 0.1) is 17.7 Å². The summed E-state index contributed by atoms with van der Waals surface area (Å²) in [5.41, 5.74) is 11.5. The molecule has 1 heterocycles. The van der Waals surface area contributed by atoms with Gasteiger partial charge in [-0.15, -0.1) is 0 Å². The molecule has 3 aromatic rings. The number of nitrogens with two attached hydrogens (primary N) is 2. The topological polar surface area (TPSA) is 180 Å². The number of aromatic hydroxyl groups is 3. The molecule has 0 fully saturated rings. The molecular formula is C18H20N6O4. The number of benzene rings is 2. The van der Waals surface area contributed by atoms with Crippen LogP contribution >= 0.6 is 0 Å². The molecule has 0 aliphatic heterocycles. The normalized spacial score (nSPS) is 11.5. The zero-order chi connectivity index (χ0) is 20.3. The number of nitrogens with one attached hydrogen (secondary N) is 1. The number of hydrogen-bond donors (Lipinski definition) is 6. The van der Waals surface area contributed by atoms with E-state index in [0.29, 0.717) is 13.1 Å². The number of phenolic OH excluding ortho intramolecular Hbond substituents is 3. The fourth-order valence-electron chi connectivity index (χ4n) is 2.71. The van der Waals surface area contributed by atoms with Crippen LogP contribution in [-0.2, 0) is 0 Å². The first-order chi connectivity index (χ1) is 13.5. The Kier molecular flexibility index (Phi) is 5.52. The van der Waals surface area contributed by atoms with E-state index in [2.05, 4.69) is 20.3 Å². The lowest BCUT2D eigenvalue weighted by Crippen LogP contribution is -2.29. The predicted octanol–water partition coefficient (Wildman–Crippen LogP) is -0.0341. The molecule has 0 saturated carbocycles. The van der Waals surface area contributed by atoms with E-state index >= 15 is 0 Å². The van der Waals surface area contributed by atoms with E-state index < -0.39 is 5.91 Å². The van der Waals surface area contributed by atoms with Gasteiger partial charge in [-0.05, 0) is 12.1 Å². The van der Waals surface area contributed by atoms with Gasteiger partial charge in [-0.3, -0.25) is 9.79 Å². The molecule has 0 unspecified atom stereocenters. The van der Waals surface area contributed by atoms with Crippen LogP contribution in [0, 0.1) is 0 Å². The second-order valence-corrected chi connectivity index (χ2v) is 5.95. The van der Waals surface area contributed by atoms with Gasteiger partial charge in [-0.25, -0.2) is 9.97 Å². The number of carbonyl (C=O) groups excluding carboxylic acids is 1. The molecule has 8 N–H and O–H groups in total. The van der Waals surface area contributed by atoms with Crippen molar-refractivity contribution in [3.05, 3.63) is 29.3 Å². The summed E-state index contributed by atoms with van der Waals surface area (Å²) in [6.45, 7) is 1.19. The van der Waals surface area contributed by atoms with E-state index in [9.17, 15) is 20.1 Å². The van der Waals surface area contributed by atoms with Crippen molar-refractivity contribution in [1.29, 1.82) is 0 Å². The minimum Gasteiger partial charge on any atom is -0.507 e. The molecule has 1 amide bonds. The Bertz CT molecular complexity index is 1080. The maximum Gasteiger partial charge on any atom is 0.253 e. The lowest BCUT2D eigenvalue weighted by Gasteiger charge is -2.11. The standard InChI is InChI=1S/C18H20N6O4/c19-3-5-21-8-10-12(26)7-13(27)17-15(10)24-16-11(25)2-1-9(14(16)23-17)18(28)22-6-4-20/h1-2,7-8,25-27H,3-6,19-20H2,(H,22,28)/b21-8+. The quantitative estimate of drug-likeness (QED) is 0.253. The smallest absolute Gasteiger partial charge is 0.253 e. The van der Waals surface area contributed by atoms with Gasteiger partial charge in [0, 0.05) is 31.9 Å². The summed E-state index contributed by atoms with van der Waals surface area (Å²) in [5.74, 6) is -1.22. The summed E-state index contributed by atoms with van der Waals surface area (Å²) < 4.78 is 0. The molecule has 10 nitrogen and oxygen atoms in total. The summed E-state index contributed by atoms with van der Waals surface area (Å²) >= 11 is 0. The van der Waals surface area contributed by atoms with Crippen molar-refractivity contribution in [2.75, 3.05) is 26.2 Å². The SMILES string of the molecule is NCC/N=C/c1c(O)cc(O)c2nc3c(C(=O)NCCN)ccc(O)c3nc12. The van der Waals surface area contributed by atoms with Gasteiger partial charge in [-0.1, -0.05) is 0 Å². The van der Waals surface area contributed by atoms with Crippen molar-refractivity contribution in [3.63, 3.8) is 0 Å². The number of hydrogen-bond acceptors (Lipinski definition) is 9. The number of aliphatic imine (C=N–C) groups is 1. The fraction of sp³-hybridized carbons (Fsp3) is 0.222. The van der Waals surface area contributed by atoms with Crippen molar-refractivity contribution in [3.8, 4) is 17.2 Å². The van der Waals surface area contributed by atoms with Gasteiger partial charge in [-0.2, -0.15) is 0 Å². The second-order valence-electron chi connectivity index (χ2n) is 5.95. The monoisotopic (exact) mass is 384 g/mol. The third-order valence-corrected chi connectivity index (χ3v) is 4.00. The molecule has 0 saturated heterocycles. The molecule has 0 spiro atoms. The lowest BCUT2D eigenvalue weighted by molar-refractivity contribution is 0.0956. The molecule has 1 aromatic heterocycles. The summed E-state index contributed by atoms with van der Waals surface area (Å²) in [5, 5.41) is 33.3. The highest BCUT2D eigenvalue weighted by Crippen LogP contribution is 2.35. The Balaban J connectivity index is 2.29. The summed E-state index contributed by atoms with van der Waals surface area (Å²) in [6.07, 6.45) is 1.37. The average Bonchev–Trinajstić information content (AvgIpc) is 2.68. The maximum atomic E-state index is 12.4. The van der Waals surface area contributed by atoms with Crippen LogP contribution in [0.25, 0.3) is 22.1 Å². The van der Waals surface area contributed by atoms with E-state index in [-0.39, 0.29) is 63.5 Å². The number of phenols is 3. The number of carbonyl (C=O) groups is 1. The van der Waals surface area contributed by atoms with E-state index in [0.717, 1.165) is 6.07 Å². The molecular weight excluding hydrogens is 364 g/mol. The molecule has 10 heteroatoms. The molecule has 28 heavy (non-hydrogen) atoms. The Morgan fingerprint density at radius 2 is 1.71 bits per heavy atom. The van der Waals surface area contributed by atoms with Crippen molar-refractivity contribution in [2.45, 2.75) is 0 Å². The zero-order valence-electron chi connectivity index (χ0n) is 14.9. The Morgan fingerprint density at radius 3 is 2.43 bits per heavy atom. The first kappa shape index (κ1) is 19.3. The predicted molar refractivity (Wildman–Crippen MR) is 105 cm³/mol. The van der Waals surface area contributed by atoms with Gasteiger partial charge in [0.25, 0.3) is 5.91 Å². The van der Waals surface area contributed by atoms with Crippen molar-refractivity contribution < 1.29 is 20.1 Å². The highest BCUT2D eigenvalue weighted by Gasteiger charge is 2.19. The molecule has 0 bridgehead atoms. The molecule has 0 aliphatic rings. The number of aromatic nitrogens is 2. The van der Waals surface area contributed by atoms with Crippen molar-refractivity contribution in [2.24, 2.45) is 16.5 Å². The molecule has 0 atom stereocenters. The third-order valence-electron chi connectivity index (χ3n) is 4.00. The minimum absolute atomic E-state index is 0.0476. The van der Waals surface area contributed by atoms with Crippen LogP contribution in [0.5, 0.6) is 17.2 Å². The number of rotatable bonds is 6.